The highest BCUT2D eigenvalue weighted by molar-refractivity contribution is 6.01. The second-order valence-electron chi connectivity index (χ2n) is 3.79. The first kappa shape index (κ1) is 17.7. The maximum Gasteiger partial charge on any atom is 0.362 e. The summed E-state index contributed by atoms with van der Waals surface area (Å²) in [5, 5.41) is 5.24. The topological polar surface area (TPSA) is 158 Å². The predicted molar refractivity (Wildman–Crippen MR) is 64.7 cm³/mol. The maximum atomic E-state index is 11.5. The van der Waals surface area contributed by atoms with Crippen LogP contribution in [0.2, 0.25) is 0 Å². The van der Waals surface area contributed by atoms with Crippen molar-refractivity contribution in [3.63, 3.8) is 0 Å². The van der Waals surface area contributed by atoms with Crippen LogP contribution in [-0.2, 0) is 16.0 Å². The Kier molecular flexibility index (Phi) is 6.45. The lowest BCUT2D eigenvalue weighted by Gasteiger charge is -2.03. The molecule has 0 aliphatic heterocycles. The van der Waals surface area contributed by atoms with Crippen molar-refractivity contribution >= 4 is 17.6 Å². The van der Waals surface area contributed by atoms with Crippen molar-refractivity contribution in [2.45, 2.75) is 19.6 Å². The summed E-state index contributed by atoms with van der Waals surface area (Å²) in [6.45, 7) is 1.93. The molecule has 1 amide bonds. The molecule has 4 N–H and O–H groups in total. The Bertz CT molecular complexity index is 512. The molecule has 1 aromatic heterocycles. The quantitative estimate of drug-likeness (QED) is 0.405. The van der Waals surface area contributed by atoms with Crippen LogP contribution in [0.4, 0.5) is 5.69 Å². The summed E-state index contributed by atoms with van der Waals surface area (Å²) in [6.07, 6.45) is -0.272. The first-order chi connectivity index (χ1) is 8.96. The highest BCUT2D eigenvalue weighted by Gasteiger charge is 2.35. The molecule has 0 aliphatic rings. The molecule has 0 aliphatic carbocycles. The number of esters is 1. The summed E-state index contributed by atoms with van der Waals surface area (Å²) >= 11 is 0. The van der Waals surface area contributed by atoms with Gasteiger partial charge in [0.1, 0.15) is 6.10 Å². The Balaban J connectivity index is 0.00000361. The monoisotopic (exact) mass is 288 g/mol. The number of primary amides is 1. The maximum absolute atomic E-state index is 11.5. The third kappa shape index (κ3) is 3.36. The number of methoxy groups -OCH3 is 2. The zero-order valence-electron chi connectivity index (χ0n) is 11.2. The van der Waals surface area contributed by atoms with Crippen molar-refractivity contribution in [2.75, 3.05) is 14.2 Å². The predicted octanol–water partition coefficient (Wildman–Crippen LogP) is -0.556. The van der Waals surface area contributed by atoms with Crippen molar-refractivity contribution in [2.24, 2.45) is 10.9 Å². The van der Waals surface area contributed by atoms with E-state index in [1.165, 1.54) is 11.8 Å². The molecule has 1 atom stereocenters. The number of rotatable bonds is 6. The molecule has 10 heteroatoms. The first-order valence-electron chi connectivity index (χ1n) is 5.36. The van der Waals surface area contributed by atoms with Gasteiger partial charge in [0.05, 0.1) is 7.11 Å². The van der Waals surface area contributed by atoms with Crippen LogP contribution < -0.4 is 10.4 Å². The van der Waals surface area contributed by atoms with Crippen molar-refractivity contribution < 1.29 is 29.2 Å². The molecule has 1 aromatic rings. The van der Waals surface area contributed by atoms with E-state index in [4.69, 9.17) is 10.5 Å². The minimum absolute atomic E-state index is 0. The number of nitrogens with one attached hydrogen (secondary N) is 1. The number of nitrogens with zero attached hydrogens (tertiary/aromatic N) is 2. The molecular weight excluding hydrogens is 272 g/mol. The van der Waals surface area contributed by atoms with E-state index in [1.807, 2.05) is 0 Å². The fourth-order valence-electron chi connectivity index (χ4n) is 1.54. The zero-order valence-corrected chi connectivity index (χ0v) is 11.2. The van der Waals surface area contributed by atoms with Gasteiger partial charge in [-0.2, -0.15) is 5.10 Å². The fraction of sp³-hybridized carbons (Fsp3) is 0.500. The van der Waals surface area contributed by atoms with Crippen LogP contribution in [0.1, 0.15) is 27.9 Å². The molecule has 0 spiro atoms. The van der Waals surface area contributed by atoms with Crippen molar-refractivity contribution in [1.29, 1.82) is 0 Å². The number of amides is 1. The molecule has 1 heterocycles. The van der Waals surface area contributed by atoms with Crippen LogP contribution >= 0.6 is 0 Å². The molecule has 20 heavy (non-hydrogen) atoms. The summed E-state index contributed by atoms with van der Waals surface area (Å²) in [4.78, 5) is 33.7. The molecule has 10 nitrogen and oxygen atoms in total. The van der Waals surface area contributed by atoms with Gasteiger partial charge in [0, 0.05) is 7.11 Å². The number of carbonyl (C=O) groups is 2. The van der Waals surface area contributed by atoms with Gasteiger partial charge in [0.25, 0.3) is 0 Å². The third-order valence-electron chi connectivity index (χ3n) is 2.53. The van der Waals surface area contributed by atoms with Gasteiger partial charge in [-0.15, -0.1) is 4.91 Å². The van der Waals surface area contributed by atoms with Crippen molar-refractivity contribution in [1.82, 2.24) is 5.10 Å². The number of nitroso groups, excluding NO2 is 1. The van der Waals surface area contributed by atoms with E-state index in [0.29, 0.717) is 0 Å². The molecule has 0 radical (unpaired) electrons. The van der Waals surface area contributed by atoms with Crippen LogP contribution in [0.15, 0.2) is 5.18 Å². The van der Waals surface area contributed by atoms with Crippen molar-refractivity contribution in [3.8, 4) is 0 Å². The van der Waals surface area contributed by atoms with Crippen LogP contribution in [0.5, 0.6) is 0 Å². The lowest BCUT2D eigenvalue weighted by atomic mass is 10.2. The Morgan fingerprint density at radius 1 is 1.45 bits per heavy atom. The average Bonchev–Trinajstić information content (AvgIpc) is 2.75. The zero-order chi connectivity index (χ0) is 14.6. The minimum Gasteiger partial charge on any atom is -0.870 e. The summed E-state index contributed by atoms with van der Waals surface area (Å²) in [5.74, 6) is -1.70. The number of carbonyl (C=O) groups excluding carboxylic acids is 2. The number of hydrogen-bond donors (Lipinski definition) is 2. The number of nitrogens with two attached hydrogens (primary N) is 1. The van der Waals surface area contributed by atoms with Gasteiger partial charge in [-0.05, 0) is 12.1 Å². The number of ether oxygens (including phenoxy) is 2. The lowest BCUT2D eigenvalue weighted by Crippen LogP contribution is -2.47. The van der Waals surface area contributed by atoms with E-state index in [9.17, 15) is 14.5 Å². The van der Waals surface area contributed by atoms with Gasteiger partial charge in [0.2, 0.25) is 11.4 Å². The van der Waals surface area contributed by atoms with E-state index in [1.54, 1.807) is 6.92 Å². The molecule has 112 valence electrons. The SMILES string of the molecule is COC(=O)c1[nH][n+](C[C@H](C)OC)c(C(N)=O)c1N=O.[OH-]. The van der Waals surface area contributed by atoms with E-state index in [2.05, 4.69) is 15.0 Å². The van der Waals surface area contributed by atoms with E-state index in [-0.39, 0.29) is 35.2 Å². The molecule has 0 saturated heterocycles. The van der Waals surface area contributed by atoms with Gasteiger partial charge in [-0.3, -0.25) is 4.79 Å². The first-order valence-corrected chi connectivity index (χ1v) is 5.36. The summed E-state index contributed by atoms with van der Waals surface area (Å²) in [6, 6.07) is 0. The molecule has 0 fully saturated rings. The van der Waals surface area contributed by atoms with Gasteiger partial charge in [0.15, 0.2) is 6.54 Å². The standard InChI is InChI=1S/C10H14N4O5.H2O/c1-5(18-2)4-14-8(9(11)15)6(13-17)7(12-14)10(16)19-3;/h5H,4H2,1-3H3,(H2,11,15);1H2/t5-;/m0./s1. The second kappa shape index (κ2) is 7.31. The summed E-state index contributed by atoms with van der Waals surface area (Å²) in [7, 11) is 2.63. The van der Waals surface area contributed by atoms with Crippen LogP contribution in [0.25, 0.3) is 0 Å². The Morgan fingerprint density at radius 3 is 2.45 bits per heavy atom. The van der Waals surface area contributed by atoms with E-state index in [0.717, 1.165) is 7.11 Å². The number of H-pyrrole nitrogens is 1. The van der Waals surface area contributed by atoms with Crippen molar-refractivity contribution in [3.05, 3.63) is 16.3 Å². The molecular formula is C10H16N4O6. The van der Waals surface area contributed by atoms with Crippen LogP contribution in [0, 0.1) is 4.91 Å². The number of hydrogen-bond acceptors (Lipinski definition) is 7. The Labute approximate surface area is 114 Å². The van der Waals surface area contributed by atoms with E-state index >= 15 is 0 Å². The highest BCUT2D eigenvalue weighted by Crippen LogP contribution is 2.21. The van der Waals surface area contributed by atoms with Gasteiger partial charge < -0.3 is 20.7 Å². The number of aromatic nitrogens is 2. The normalized spacial score (nSPS) is 11.3. The van der Waals surface area contributed by atoms with Gasteiger partial charge in [-0.1, -0.05) is 4.68 Å². The van der Waals surface area contributed by atoms with Gasteiger partial charge >= 0.3 is 17.6 Å². The summed E-state index contributed by atoms with van der Waals surface area (Å²) < 4.78 is 10.8. The molecule has 0 unspecified atom stereocenters. The minimum atomic E-state index is -0.885. The van der Waals surface area contributed by atoms with Crippen LogP contribution in [-0.4, -0.2) is 42.8 Å². The largest absolute Gasteiger partial charge is 0.870 e. The van der Waals surface area contributed by atoms with Gasteiger partial charge in [-0.25, -0.2) is 4.79 Å². The molecule has 0 saturated carbocycles. The second-order valence-corrected chi connectivity index (χ2v) is 3.79. The summed E-state index contributed by atoms with van der Waals surface area (Å²) in [5.41, 5.74) is 4.40. The lowest BCUT2D eigenvalue weighted by molar-refractivity contribution is -0.756. The Morgan fingerprint density at radius 2 is 2.05 bits per heavy atom. The average molecular weight is 288 g/mol. The molecule has 0 bridgehead atoms. The third-order valence-corrected chi connectivity index (χ3v) is 2.53. The molecule has 1 rings (SSSR count). The smallest absolute Gasteiger partial charge is 0.362 e. The molecule has 0 aromatic carbocycles. The number of aromatic amines is 1. The Hall–Kier alpha value is -2.33. The highest BCUT2D eigenvalue weighted by atomic mass is 16.5. The van der Waals surface area contributed by atoms with Crippen LogP contribution in [0.3, 0.4) is 0 Å². The van der Waals surface area contributed by atoms with E-state index < -0.39 is 11.9 Å². The fourth-order valence-corrected chi connectivity index (χ4v) is 1.54.